The quantitative estimate of drug-likeness (QED) is 0.838. The molecule has 0 radical (unpaired) electrons. The van der Waals surface area contributed by atoms with E-state index in [1.807, 2.05) is 64.1 Å². The van der Waals surface area contributed by atoms with E-state index in [1.165, 1.54) is 10.6 Å². The van der Waals surface area contributed by atoms with Crippen molar-refractivity contribution in [1.82, 2.24) is 0 Å². The molecule has 0 spiro atoms. The van der Waals surface area contributed by atoms with Crippen LogP contribution in [0.5, 0.6) is 0 Å². The zero-order valence-electron chi connectivity index (χ0n) is 16.0. The first-order chi connectivity index (χ1) is 12.1. The second-order valence-electron chi connectivity index (χ2n) is 6.69. The van der Waals surface area contributed by atoms with Gasteiger partial charge in [0, 0.05) is 18.7 Å². The van der Waals surface area contributed by atoms with Gasteiger partial charge >= 0.3 is 0 Å². The minimum atomic E-state index is -3.49. The van der Waals surface area contributed by atoms with Crippen molar-refractivity contribution >= 4 is 27.3 Å². The number of benzene rings is 2. The van der Waals surface area contributed by atoms with Crippen molar-refractivity contribution in [3.05, 3.63) is 58.7 Å². The Bertz CT molecular complexity index is 900. The number of aryl methyl sites for hydroxylation is 4. The van der Waals surface area contributed by atoms with E-state index in [4.69, 9.17) is 0 Å². The monoisotopic (exact) mass is 374 g/mol. The van der Waals surface area contributed by atoms with Crippen molar-refractivity contribution in [3.63, 3.8) is 0 Å². The number of nitrogens with zero attached hydrogens (tertiary/aromatic N) is 1. The molecule has 0 heterocycles. The van der Waals surface area contributed by atoms with Crippen LogP contribution in [0.15, 0.2) is 36.4 Å². The average molecular weight is 375 g/mol. The SMILES string of the molecule is Cc1ccc(C)c(NC(=O)CCN(c2c(C)cccc2C)S(C)(=O)=O)c1. The van der Waals surface area contributed by atoms with Gasteiger partial charge in [0.25, 0.3) is 0 Å². The van der Waals surface area contributed by atoms with Gasteiger partial charge in [-0.2, -0.15) is 0 Å². The molecule has 0 aliphatic rings. The summed E-state index contributed by atoms with van der Waals surface area (Å²) in [5, 5.41) is 2.88. The smallest absolute Gasteiger partial charge is 0.232 e. The average Bonchev–Trinajstić information content (AvgIpc) is 2.52. The normalized spacial score (nSPS) is 11.3. The molecular formula is C20H26N2O3S. The third-order valence-corrected chi connectivity index (χ3v) is 5.46. The lowest BCUT2D eigenvalue weighted by atomic mass is 10.1. The van der Waals surface area contributed by atoms with Gasteiger partial charge in [-0.25, -0.2) is 8.42 Å². The number of carbonyl (C=O) groups is 1. The molecule has 0 saturated heterocycles. The number of hydrogen-bond donors (Lipinski definition) is 1. The molecule has 0 unspecified atom stereocenters. The maximum Gasteiger partial charge on any atom is 0.232 e. The molecule has 0 saturated carbocycles. The number of sulfonamides is 1. The van der Waals surface area contributed by atoms with Gasteiger partial charge in [0.15, 0.2) is 0 Å². The number of rotatable bonds is 6. The molecule has 0 fully saturated rings. The second-order valence-corrected chi connectivity index (χ2v) is 8.60. The van der Waals surface area contributed by atoms with Gasteiger partial charge in [0.2, 0.25) is 15.9 Å². The van der Waals surface area contributed by atoms with Crippen LogP contribution in [-0.4, -0.2) is 27.1 Å². The highest BCUT2D eigenvalue weighted by Gasteiger charge is 2.22. The van der Waals surface area contributed by atoms with E-state index in [2.05, 4.69) is 5.32 Å². The molecule has 0 bridgehead atoms. The van der Waals surface area contributed by atoms with Crippen LogP contribution < -0.4 is 9.62 Å². The van der Waals surface area contributed by atoms with Crippen LogP contribution in [0, 0.1) is 27.7 Å². The summed E-state index contributed by atoms with van der Waals surface area (Å²) in [6.45, 7) is 7.73. The highest BCUT2D eigenvalue weighted by Crippen LogP contribution is 2.27. The molecule has 26 heavy (non-hydrogen) atoms. The minimum absolute atomic E-state index is 0.0776. The third kappa shape index (κ3) is 4.85. The molecule has 2 aromatic rings. The summed E-state index contributed by atoms with van der Waals surface area (Å²) in [5.74, 6) is -0.210. The minimum Gasteiger partial charge on any atom is -0.326 e. The number of hydrogen-bond acceptors (Lipinski definition) is 3. The predicted molar refractivity (Wildman–Crippen MR) is 107 cm³/mol. The van der Waals surface area contributed by atoms with Crippen LogP contribution in [0.3, 0.4) is 0 Å². The fraction of sp³-hybridized carbons (Fsp3) is 0.350. The first-order valence-corrected chi connectivity index (χ1v) is 10.4. The number of nitrogens with one attached hydrogen (secondary N) is 1. The largest absolute Gasteiger partial charge is 0.326 e. The predicted octanol–water partition coefficient (Wildman–Crippen LogP) is 3.72. The van der Waals surface area contributed by atoms with Gasteiger partial charge in [-0.15, -0.1) is 0 Å². The fourth-order valence-electron chi connectivity index (χ4n) is 2.93. The molecule has 1 amide bonds. The van der Waals surface area contributed by atoms with Crippen LogP contribution in [0.1, 0.15) is 28.7 Å². The number of para-hydroxylation sites is 1. The summed E-state index contributed by atoms with van der Waals surface area (Å²) >= 11 is 0. The standard InChI is InChI=1S/C20H26N2O3S/c1-14-9-10-15(2)18(13-14)21-19(23)11-12-22(26(5,24)25)20-16(3)7-6-8-17(20)4/h6-10,13H,11-12H2,1-5H3,(H,21,23). The first kappa shape index (κ1) is 20.0. The van der Waals surface area contributed by atoms with Crippen molar-refractivity contribution < 1.29 is 13.2 Å². The zero-order valence-corrected chi connectivity index (χ0v) is 16.8. The van der Waals surface area contributed by atoms with E-state index < -0.39 is 10.0 Å². The van der Waals surface area contributed by atoms with Crippen LogP contribution in [0.25, 0.3) is 0 Å². The summed E-state index contributed by atoms with van der Waals surface area (Å²) < 4.78 is 25.9. The van der Waals surface area contributed by atoms with Gasteiger partial charge < -0.3 is 5.32 Å². The second kappa shape index (κ2) is 7.91. The Morgan fingerprint density at radius 1 is 1.00 bits per heavy atom. The Hall–Kier alpha value is -2.34. The Kier molecular flexibility index (Phi) is 6.08. The molecule has 140 valence electrons. The number of amides is 1. The lowest BCUT2D eigenvalue weighted by Crippen LogP contribution is -2.34. The van der Waals surface area contributed by atoms with Crippen LogP contribution >= 0.6 is 0 Å². The molecule has 0 atom stereocenters. The maximum absolute atomic E-state index is 12.4. The summed E-state index contributed by atoms with van der Waals surface area (Å²) in [5.41, 5.74) is 5.16. The fourth-order valence-corrected chi connectivity index (χ4v) is 3.97. The number of carbonyl (C=O) groups excluding carboxylic acids is 1. The molecule has 2 rings (SSSR count). The van der Waals surface area contributed by atoms with E-state index in [-0.39, 0.29) is 18.9 Å². The summed E-state index contributed by atoms with van der Waals surface area (Å²) in [6, 6.07) is 11.5. The Morgan fingerprint density at radius 3 is 2.19 bits per heavy atom. The van der Waals surface area contributed by atoms with E-state index >= 15 is 0 Å². The molecule has 2 aromatic carbocycles. The van der Waals surface area contributed by atoms with E-state index in [0.717, 1.165) is 27.9 Å². The summed E-state index contributed by atoms with van der Waals surface area (Å²) in [7, 11) is -3.49. The topological polar surface area (TPSA) is 66.5 Å². The first-order valence-electron chi connectivity index (χ1n) is 8.50. The van der Waals surface area contributed by atoms with E-state index in [9.17, 15) is 13.2 Å². The van der Waals surface area contributed by atoms with E-state index in [1.54, 1.807) is 0 Å². The molecule has 6 heteroatoms. The molecule has 1 N–H and O–H groups in total. The van der Waals surface area contributed by atoms with Crippen molar-refractivity contribution in [2.45, 2.75) is 34.1 Å². The van der Waals surface area contributed by atoms with E-state index in [0.29, 0.717) is 5.69 Å². The zero-order chi connectivity index (χ0) is 19.5. The number of anilines is 2. The Labute approximate surface area is 156 Å². The molecule has 5 nitrogen and oxygen atoms in total. The maximum atomic E-state index is 12.4. The lowest BCUT2D eigenvalue weighted by molar-refractivity contribution is -0.116. The highest BCUT2D eigenvalue weighted by atomic mass is 32.2. The lowest BCUT2D eigenvalue weighted by Gasteiger charge is -2.25. The third-order valence-electron chi connectivity index (χ3n) is 4.30. The van der Waals surface area contributed by atoms with Gasteiger partial charge in [-0.1, -0.05) is 30.3 Å². The van der Waals surface area contributed by atoms with Crippen molar-refractivity contribution in [2.24, 2.45) is 0 Å². The van der Waals surface area contributed by atoms with Gasteiger partial charge in [-0.3, -0.25) is 9.10 Å². The highest BCUT2D eigenvalue weighted by molar-refractivity contribution is 7.92. The summed E-state index contributed by atoms with van der Waals surface area (Å²) in [6.07, 6.45) is 1.25. The van der Waals surface area contributed by atoms with Gasteiger partial charge in [0.1, 0.15) is 0 Å². The van der Waals surface area contributed by atoms with Crippen molar-refractivity contribution in [1.29, 1.82) is 0 Å². The molecule has 0 aliphatic carbocycles. The molecular weight excluding hydrogens is 348 g/mol. The Morgan fingerprint density at radius 2 is 1.62 bits per heavy atom. The molecule has 0 aromatic heterocycles. The molecule has 0 aliphatic heterocycles. The van der Waals surface area contributed by atoms with Crippen LogP contribution in [0.4, 0.5) is 11.4 Å². The van der Waals surface area contributed by atoms with Crippen molar-refractivity contribution in [3.8, 4) is 0 Å². The van der Waals surface area contributed by atoms with Crippen molar-refractivity contribution in [2.75, 3.05) is 22.4 Å². The van der Waals surface area contributed by atoms with Crippen LogP contribution in [-0.2, 0) is 14.8 Å². The summed E-state index contributed by atoms with van der Waals surface area (Å²) in [4.78, 5) is 12.4. The van der Waals surface area contributed by atoms with Crippen LogP contribution in [0.2, 0.25) is 0 Å². The van der Waals surface area contributed by atoms with Gasteiger partial charge in [-0.05, 0) is 56.0 Å². The van der Waals surface area contributed by atoms with Gasteiger partial charge in [0.05, 0.1) is 11.9 Å². The Balaban J connectivity index is 2.18.